The molecule has 0 fully saturated rings. The summed E-state index contributed by atoms with van der Waals surface area (Å²) >= 11 is 0. The Hall–Kier alpha value is -6.85. The lowest BCUT2D eigenvalue weighted by Gasteiger charge is -2.09. The van der Waals surface area contributed by atoms with Gasteiger partial charge in [0.15, 0.2) is 17.5 Å². The molecule has 0 saturated carbocycles. The van der Waals surface area contributed by atoms with E-state index in [9.17, 15) is 0 Å². The van der Waals surface area contributed by atoms with Crippen LogP contribution in [0, 0.1) is 0 Å². The Morgan fingerprint density at radius 2 is 0.720 bits per heavy atom. The van der Waals surface area contributed by atoms with Gasteiger partial charge in [0.2, 0.25) is 0 Å². The topological polar surface area (TPSA) is 65.0 Å². The molecule has 0 N–H and O–H groups in total. The van der Waals surface area contributed by atoms with Gasteiger partial charge in [-0.15, -0.1) is 0 Å². The number of furan rings is 2. The molecule has 5 heteroatoms. The van der Waals surface area contributed by atoms with Gasteiger partial charge in [0.05, 0.1) is 11.1 Å². The Balaban J connectivity index is 1.17. The molecule has 10 rings (SSSR count). The number of hydrogen-bond donors (Lipinski definition) is 0. The second-order valence-electron chi connectivity index (χ2n) is 12.4. The number of aromatic nitrogens is 3. The van der Waals surface area contributed by atoms with Gasteiger partial charge in [0, 0.05) is 27.1 Å². The van der Waals surface area contributed by atoms with Gasteiger partial charge in [-0.3, -0.25) is 0 Å². The highest BCUT2D eigenvalue weighted by atomic mass is 16.3. The minimum Gasteiger partial charge on any atom is -0.455 e. The van der Waals surface area contributed by atoms with Gasteiger partial charge in [-0.1, -0.05) is 127 Å². The van der Waals surface area contributed by atoms with E-state index in [0.29, 0.717) is 17.5 Å². The lowest BCUT2D eigenvalue weighted by molar-refractivity contribution is 0.669. The molecular weight excluding hydrogens is 615 g/mol. The Kier molecular flexibility index (Phi) is 6.42. The molecule has 3 heterocycles. The molecule has 0 saturated heterocycles. The zero-order chi connectivity index (χ0) is 33.0. The Morgan fingerprint density at radius 1 is 0.300 bits per heavy atom. The molecule has 5 nitrogen and oxygen atoms in total. The summed E-state index contributed by atoms with van der Waals surface area (Å²) in [4.78, 5) is 15.2. The highest BCUT2D eigenvalue weighted by molar-refractivity contribution is 6.11. The van der Waals surface area contributed by atoms with Gasteiger partial charge >= 0.3 is 0 Å². The van der Waals surface area contributed by atoms with Crippen molar-refractivity contribution >= 4 is 43.9 Å². The summed E-state index contributed by atoms with van der Waals surface area (Å²) in [5.41, 5.74) is 10.2. The van der Waals surface area contributed by atoms with Crippen LogP contribution in [0.25, 0.3) is 100 Å². The number of para-hydroxylation sites is 2. The minimum absolute atomic E-state index is 0.529. The van der Waals surface area contributed by atoms with Crippen molar-refractivity contribution in [2.75, 3.05) is 0 Å². The number of fused-ring (bicyclic) bond motifs is 6. The third kappa shape index (κ3) is 4.67. The van der Waals surface area contributed by atoms with Crippen molar-refractivity contribution < 1.29 is 8.83 Å². The summed E-state index contributed by atoms with van der Waals surface area (Å²) in [6, 6.07) is 55.8. The lowest BCUT2D eigenvalue weighted by atomic mass is 10.0. The zero-order valence-corrected chi connectivity index (χ0v) is 26.7. The SMILES string of the molecule is c1ccc(-c2ccc3oc4c(-c5nc(-c6ccccc6)nc(-c6cccc7c6oc6ccc(-c8ccccc8)cc67)n5)cccc4c3c2)cc1. The largest absolute Gasteiger partial charge is 0.455 e. The van der Waals surface area contributed by atoms with E-state index in [1.54, 1.807) is 0 Å². The maximum atomic E-state index is 6.56. The predicted octanol–water partition coefficient (Wildman–Crippen LogP) is 12.0. The molecule has 0 amide bonds. The fraction of sp³-hybridized carbons (Fsp3) is 0. The van der Waals surface area contributed by atoms with Crippen LogP contribution in [0.3, 0.4) is 0 Å². The first-order chi connectivity index (χ1) is 24.8. The van der Waals surface area contributed by atoms with E-state index in [0.717, 1.165) is 82.8 Å². The van der Waals surface area contributed by atoms with Crippen molar-refractivity contribution in [3.05, 3.63) is 164 Å². The standard InChI is InChI=1S/C45H27N3O2/c1-4-12-28(13-5-1)31-22-24-39-37(26-31)33-18-10-20-35(41(33)49-39)44-46-43(30-16-8-3-9-17-30)47-45(48-44)36-21-11-19-34-38-27-32(29-14-6-2-7-15-29)23-25-40(38)50-42(34)36/h1-27H. The molecule has 0 radical (unpaired) electrons. The maximum Gasteiger partial charge on any atom is 0.167 e. The van der Waals surface area contributed by atoms with Crippen LogP contribution in [-0.2, 0) is 0 Å². The van der Waals surface area contributed by atoms with Gasteiger partial charge < -0.3 is 8.83 Å². The van der Waals surface area contributed by atoms with Gasteiger partial charge in [-0.05, 0) is 58.7 Å². The summed E-state index contributed by atoms with van der Waals surface area (Å²) in [5.74, 6) is 1.63. The number of nitrogens with zero attached hydrogens (tertiary/aromatic N) is 3. The van der Waals surface area contributed by atoms with E-state index in [-0.39, 0.29) is 0 Å². The van der Waals surface area contributed by atoms with Crippen molar-refractivity contribution in [3.8, 4) is 56.4 Å². The molecule has 0 aliphatic rings. The predicted molar refractivity (Wildman–Crippen MR) is 202 cm³/mol. The minimum atomic E-state index is 0.529. The van der Waals surface area contributed by atoms with E-state index in [2.05, 4.69) is 84.9 Å². The average Bonchev–Trinajstić information content (AvgIpc) is 3.76. The third-order valence-corrected chi connectivity index (χ3v) is 9.36. The quantitative estimate of drug-likeness (QED) is 0.187. The molecule has 10 aromatic rings. The Labute approximate surface area is 287 Å². The molecule has 50 heavy (non-hydrogen) atoms. The van der Waals surface area contributed by atoms with Crippen LogP contribution in [0.5, 0.6) is 0 Å². The van der Waals surface area contributed by atoms with Crippen molar-refractivity contribution in [1.82, 2.24) is 15.0 Å². The van der Waals surface area contributed by atoms with Crippen LogP contribution >= 0.6 is 0 Å². The fourth-order valence-electron chi connectivity index (χ4n) is 6.90. The first-order valence-corrected chi connectivity index (χ1v) is 16.6. The summed E-state index contributed by atoms with van der Waals surface area (Å²) < 4.78 is 13.1. The molecule has 0 spiro atoms. The van der Waals surface area contributed by atoms with Gasteiger partial charge in [-0.2, -0.15) is 0 Å². The summed E-state index contributed by atoms with van der Waals surface area (Å²) in [6.45, 7) is 0. The summed E-state index contributed by atoms with van der Waals surface area (Å²) in [5, 5.41) is 4.10. The molecule has 3 aromatic heterocycles. The van der Waals surface area contributed by atoms with Crippen molar-refractivity contribution in [1.29, 1.82) is 0 Å². The first-order valence-electron chi connectivity index (χ1n) is 16.6. The van der Waals surface area contributed by atoms with E-state index in [4.69, 9.17) is 23.8 Å². The van der Waals surface area contributed by atoms with Crippen LogP contribution in [0.1, 0.15) is 0 Å². The van der Waals surface area contributed by atoms with Crippen molar-refractivity contribution in [2.24, 2.45) is 0 Å². The Bertz CT molecular complexity index is 2680. The molecule has 0 unspecified atom stereocenters. The van der Waals surface area contributed by atoms with Crippen LogP contribution in [0.4, 0.5) is 0 Å². The van der Waals surface area contributed by atoms with Gasteiger partial charge in [-0.25, -0.2) is 15.0 Å². The number of rotatable bonds is 5. The average molecular weight is 642 g/mol. The second-order valence-corrected chi connectivity index (χ2v) is 12.4. The molecule has 0 aliphatic carbocycles. The normalized spacial score (nSPS) is 11.6. The van der Waals surface area contributed by atoms with E-state index >= 15 is 0 Å². The van der Waals surface area contributed by atoms with Crippen LogP contribution in [-0.4, -0.2) is 15.0 Å². The first kappa shape index (κ1) is 28.2. The highest BCUT2D eigenvalue weighted by Crippen LogP contribution is 2.40. The second kappa shape index (κ2) is 11.4. The Morgan fingerprint density at radius 3 is 1.18 bits per heavy atom. The number of benzene rings is 7. The molecular formula is C45H27N3O2. The van der Waals surface area contributed by atoms with E-state index < -0.39 is 0 Å². The zero-order valence-electron chi connectivity index (χ0n) is 26.7. The summed E-state index contributed by atoms with van der Waals surface area (Å²) in [7, 11) is 0. The highest BCUT2D eigenvalue weighted by Gasteiger charge is 2.20. The lowest BCUT2D eigenvalue weighted by Crippen LogP contribution is -2.00. The van der Waals surface area contributed by atoms with E-state index in [1.807, 2.05) is 78.9 Å². The third-order valence-electron chi connectivity index (χ3n) is 9.36. The molecule has 234 valence electrons. The molecule has 0 atom stereocenters. The number of hydrogen-bond acceptors (Lipinski definition) is 5. The summed E-state index contributed by atoms with van der Waals surface area (Å²) in [6.07, 6.45) is 0. The van der Waals surface area contributed by atoms with Crippen LogP contribution < -0.4 is 0 Å². The molecule has 7 aromatic carbocycles. The fourth-order valence-corrected chi connectivity index (χ4v) is 6.90. The van der Waals surface area contributed by atoms with Gasteiger partial charge in [0.1, 0.15) is 22.3 Å². The molecule has 0 bridgehead atoms. The maximum absolute atomic E-state index is 6.56. The van der Waals surface area contributed by atoms with Crippen LogP contribution in [0.2, 0.25) is 0 Å². The molecule has 0 aliphatic heterocycles. The van der Waals surface area contributed by atoms with Gasteiger partial charge in [0.25, 0.3) is 0 Å². The smallest absolute Gasteiger partial charge is 0.167 e. The van der Waals surface area contributed by atoms with Crippen molar-refractivity contribution in [2.45, 2.75) is 0 Å². The van der Waals surface area contributed by atoms with Crippen LogP contribution in [0.15, 0.2) is 173 Å². The monoisotopic (exact) mass is 641 g/mol. The van der Waals surface area contributed by atoms with E-state index in [1.165, 1.54) is 0 Å². The van der Waals surface area contributed by atoms with Crippen molar-refractivity contribution in [3.63, 3.8) is 0 Å².